The minimum atomic E-state index is -0.110. The Kier molecular flexibility index (Phi) is 9.35. The minimum absolute atomic E-state index is 0. The third-order valence-electron chi connectivity index (χ3n) is 4.02. The van der Waals surface area contributed by atoms with Crippen molar-refractivity contribution in [3.8, 4) is 0 Å². The number of aliphatic hydroxyl groups excluding tert-OH is 1. The van der Waals surface area contributed by atoms with E-state index in [-0.39, 0.29) is 30.1 Å². The van der Waals surface area contributed by atoms with Crippen LogP contribution in [0.4, 0.5) is 0 Å². The molecule has 0 radical (unpaired) electrons. The Morgan fingerprint density at radius 2 is 2.14 bits per heavy atom. The normalized spacial score (nSPS) is 23.5. The van der Waals surface area contributed by atoms with Gasteiger partial charge in [-0.25, -0.2) is 0 Å². The van der Waals surface area contributed by atoms with E-state index in [2.05, 4.69) is 41.3 Å². The number of halogens is 1. The van der Waals surface area contributed by atoms with Gasteiger partial charge in [0, 0.05) is 25.0 Å². The van der Waals surface area contributed by atoms with Gasteiger partial charge in [-0.2, -0.15) is 11.3 Å². The standard InChI is InChI=1S/C16H27N3OS.HI/c1-3-17-16(19-14-4-6-15(20)7-5-14)18-10-12(2)13-8-9-21-11-13;/h8-9,11-12,14-15,20H,3-7,10H2,1-2H3,(H2,17,18,19);1H. The van der Waals surface area contributed by atoms with Gasteiger partial charge in [-0.3, -0.25) is 4.99 Å². The molecule has 4 nitrogen and oxygen atoms in total. The summed E-state index contributed by atoms with van der Waals surface area (Å²) in [6, 6.07) is 2.61. The smallest absolute Gasteiger partial charge is 0.191 e. The molecule has 0 bridgehead atoms. The number of thiophene rings is 1. The lowest BCUT2D eigenvalue weighted by Gasteiger charge is -2.27. The van der Waals surface area contributed by atoms with E-state index in [0.717, 1.165) is 44.7 Å². The van der Waals surface area contributed by atoms with Crippen molar-refractivity contribution in [3.05, 3.63) is 22.4 Å². The molecule has 1 unspecified atom stereocenters. The molecular formula is C16H28IN3OS. The number of nitrogens with zero attached hydrogens (tertiary/aromatic N) is 1. The molecule has 22 heavy (non-hydrogen) atoms. The van der Waals surface area contributed by atoms with Crippen molar-refractivity contribution in [2.45, 2.75) is 57.6 Å². The fourth-order valence-electron chi connectivity index (χ4n) is 2.62. The van der Waals surface area contributed by atoms with Crippen molar-refractivity contribution in [3.63, 3.8) is 0 Å². The summed E-state index contributed by atoms with van der Waals surface area (Å²) in [5.74, 6) is 1.35. The molecule has 6 heteroatoms. The predicted molar refractivity (Wildman–Crippen MR) is 106 cm³/mol. The van der Waals surface area contributed by atoms with E-state index < -0.39 is 0 Å². The Morgan fingerprint density at radius 3 is 2.73 bits per heavy atom. The zero-order valence-electron chi connectivity index (χ0n) is 13.4. The molecule has 0 aliphatic heterocycles. The number of aliphatic imine (C=N–C) groups is 1. The summed E-state index contributed by atoms with van der Waals surface area (Å²) >= 11 is 1.74. The van der Waals surface area contributed by atoms with Gasteiger partial charge in [0.15, 0.2) is 5.96 Å². The first-order chi connectivity index (χ1) is 10.2. The zero-order valence-corrected chi connectivity index (χ0v) is 16.6. The molecule has 1 heterocycles. The average Bonchev–Trinajstić information content (AvgIpc) is 3.01. The number of hydrogen-bond acceptors (Lipinski definition) is 3. The lowest BCUT2D eigenvalue weighted by atomic mass is 9.93. The lowest BCUT2D eigenvalue weighted by Crippen LogP contribution is -2.45. The van der Waals surface area contributed by atoms with Gasteiger partial charge in [0.25, 0.3) is 0 Å². The second-order valence-electron chi connectivity index (χ2n) is 5.83. The number of nitrogens with one attached hydrogen (secondary N) is 2. The second-order valence-corrected chi connectivity index (χ2v) is 6.61. The molecule has 1 fully saturated rings. The summed E-state index contributed by atoms with van der Waals surface area (Å²) in [5, 5.41) is 20.7. The molecule has 0 saturated heterocycles. The van der Waals surface area contributed by atoms with Crippen molar-refractivity contribution in [2.24, 2.45) is 4.99 Å². The topological polar surface area (TPSA) is 56.7 Å². The van der Waals surface area contributed by atoms with Gasteiger partial charge in [0.1, 0.15) is 0 Å². The van der Waals surface area contributed by atoms with Crippen LogP contribution in [0.15, 0.2) is 21.8 Å². The monoisotopic (exact) mass is 437 g/mol. The first-order valence-corrected chi connectivity index (χ1v) is 8.88. The predicted octanol–water partition coefficient (Wildman–Crippen LogP) is 3.33. The number of rotatable bonds is 5. The maximum absolute atomic E-state index is 9.57. The van der Waals surface area contributed by atoms with Gasteiger partial charge >= 0.3 is 0 Å². The maximum Gasteiger partial charge on any atom is 0.191 e. The molecule has 1 aliphatic carbocycles. The maximum atomic E-state index is 9.57. The van der Waals surface area contributed by atoms with Gasteiger partial charge in [-0.15, -0.1) is 24.0 Å². The van der Waals surface area contributed by atoms with Crippen LogP contribution in [-0.4, -0.2) is 36.3 Å². The largest absolute Gasteiger partial charge is 0.393 e. The van der Waals surface area contributed by atoms with Crippen LogP contribution < -0.4 is 10.6 Å². The quantitative estimate of drug-likeness (QED) is 0.376. The molecule has 3 N–H and O–H groups in total. The van der Waals surface area contributed by atoms with Gasteiger partial charge in [-0.05, 0) is 55.0 Å². The fraction of sp³-hybridized carbons (Fsp3) is 0.688. The molecule has 1 aromatic heterocycles. The van der Waals surface area contributed by atoms with Gasteiger partial charge in [0.05, 0.1) is 6.10 Å². The average molecular weight is 437 g/mol. The van der Waals surface area contributed by atoms with Crippen LogP contribution in [0.1, 0.15) is 51.0 Å². The van der Waals surface area contributed by atoms with Crippen molar-refractivity contribution in [1.29, 1.82) is 0 Å². The number of aliphatic hydroxyl groups is 1. The summed E-state index contributed by atoms with van der Waals surface area (Å²) in [4.78, 5) is 4.72. The molecule has 0 amide bonds. The SMILES string of the molecule is CCNC(=NCC(C)c1ccsc1)NC1CCC(O)CC1.I. The van der Waals surface area contributed by atoms with Crippen LogP contribution in [0.2, 0.25) is 0 Å². The Morgan fingerprint density at radius 1 is 1.41 bits per heavy atom. The highest BCUT2D eigenvalue weighted by Crippen LogP contribution is 2.19. The van der Waals surface area contributed by atoms with E-state index in [1.54, 1.807) is 11.3 Å². The molecule has 126 valence electrons. The van der Waals surface area contributed by atoms with Crippen LogP contribution >= 0.6 is 35.3 Å². The van der Waals surface area contributed by atoms with Crippen molar-refractivity contribution in [2.75, 3.05) is 13.1 Å². The van der Waals surface area contributed by atoms with Crippen LogP contribution in [0, 0.1) is 0 Å². The summed E-state index contributed by atoms with van der Waals surface area (Å²) in [7, 11) is 0. The molecule has 1 atom stereocenters. The summed E-state index contributed by atoms with van der Waals surface area (Å²) < 4.78 is 0. The third-order valence-corrected chi connectivity index (χ3v) is 4.72. The van der Waals surface area contributed by atoms with E-state index >= 15 is 0 Å². The highest BCUT2D eigenvalue weighted by molar-refractivity contribution is 14.0. The van der Waals surface area contributed by atoms with E-state index in [0.29, 0.717) is 12.0 Å². The van der Waals surface area contributed by atoms with Crippen molar-refractivity contribution < 1.29 is 5.11 Å². The van der Waals surface area contributed by atoms with Crippen molar-refractivity contribution >= 4 is 41.3 Å². The van der Waals surface area contributed by atoms with Crippen LogP contribution in [0.3, 0.4) is 0 Å². The summed E-state index contributed by atoms with van der Waals surface area (Å²) in [6.45, 7) is 5.96. The fourth-order valence-corrected chi connectivity index (χ4v) is 3.40. The first kappa shape index (κ1) is 19.7. The van der Waals surface area contributed by atoms with Crippen molar-refractivity contribution in [1.82, 2.24) is 10.6 Å². The Labute approximate surface area is 154 Å². The molecular weight excluding hydrogens is 409 g/mol. The zero-order chi connectivity index (χ0) is 15.1. The van der Waals surface area contributed by atoms with E-state index in [4.69, 9.17) is 4.99 Å². The Hall–Kier alpha value is -0.340. The lowest BCUT2D eigenvalue weighted by molar-refractivity contribution is 0.120. The third kappa shape index (κ3) is 6.42. The van der Waals surface area contributed by atoms with Gasteiger partial charge in [-0.1, -0.05) is 6.92 Å². The van der Waals surface area contributed by atoms with Crippen LogP contribution in [0.25, 0.3) is 0 Å². The highest BCUT2D eigenvalue weighted by Gasteiger charge is 2.20. The molecule has 0 spiro atoms. The summed E-state index contributed by atoms with van der Waals surface area (Å²) in [5.41, 5.74) is 1.36. The minimum Gasteiger partial charge on any atom is -0.393 e. The molecule has 2 rings (SSSR count). The molecule has 1 aliphatic rings. The molecule has 0 aromatic carbocycles. The van der Waals surface area contributed by atoms with E-state index in [1.807, 2.05) is 0 Å². The van der Waals surface area contributed by atoms with Crippen LogP contribution in [-0.2, 0) is 0 Å². The van der Waals surface area contributed by atoms with E-state index in [1.165, 1.54) is 5.56 Å². The van der Waals surface area contributed by atoms with Gasteiger partial charge < -0.3 is 15.7 Å². The Bertz CT molecular complexity index is 431. The first-order valence-electron chi connectivity index (χ1n) is 7.94. The van der Waals surface area contributed by atoms with Crippen LogP contribution in [0.5, 0.6) is 0 Å². The number of guanidine groups is 1. The molecule has 1 aromatic rings. The molecule has 1 saturated carbocycles. The van der Waals surface area contributed by atoms with E-state index in [9.17, 15) is 5.11 Å². The summed E-state index contributed by atoms with van der Waals surface area (Å²) in [6.07, 6.45) is 3.71. The number of hydrogen-bond donors (Lipinski definition) is 3. The highest BCUT2D eigenvalue weighted by atomic mass is 127. The van der Waals surface area contributed by atoms with Gasteiger partial charge in [0.2, 0.25) is 0 Å². The Balaban J connectivity index is 0.00000242. The second kappa shape index (κ2) is 10.4.